The Balaban J connectivity index is 2.64. The molecule has 2 nitrogen and oxygen atoms in total. The van der Waals surface area contributed by atoms with Gasteiger partial charge in [-0.1, -0.05) is 44.2 Å². The Hall–Kier alpha value is -0.860. The number of aryl methyl sites for hydroxylation is 1. The molecule has 2 N–H and O–H groups in total. The van der Waals surface area contributed by atoms with Gasteiger partial charge < -0.3 is 5.73 Å². The van der Waals surface area contributed by atoms with Gasteiger partial charge in [0.25, 0.3) is 0 Å². The van der Waals surface area contributed by atoms with E-state index >= 15 is 0 Å². The zero-order chi connectivity index (χ0) is 13.4. The van der Waals surface area contributed by atoms with Gasteiger partial charge in [0.15, 0.2) is 0 Å². The van der Waals surface area contributed by atoms with Crippen LogP contribution in [0.5, 0.6) is 0 Å². The standard InChI is InChI=1S/C16H28N2/c1-4-13-18(5-2)16(3,14-17)12-11-15-9-7-6-8-10-15/h6-10H,4-5,11-14,17H2,1-3H3. The van der Waals surface area contributed by atoms with Crippen LogP contribution >= 0.6 is 0 Å². The molecule has 0 aliphatic rings. The SMILES string of the molecule is CCCN(CC)C(C)(CN)CCc1ccccc1. The number of rotatable bonds is 8. The van der Waals surface area contributed by atoms with Crippen molar-refractivity contribution in [3.8, 4) is 0 Å². The van der Waals surface area contributed by atoms with E-state index < -0.39 is 0 Å². The highest BCUT2D eigenvalue weighted by Crippen LogP contribution is 2.21. The molecule has 1 aromatic carbocycles. The highest BCUT2D eigenvalue weighted by atomic mass is 15.2. The first-order chi connectivity index (χ1) is 8.66. The van der Waals surface area contributed by atoms with Crippen molar-refractivity contribution in [1.82, 2.24) is 4.90 Å². The van der Waals surface area contributed by atoms with E-state index in [1.54, 1.807) is 0 Å². The number of nitrogens with two attached hydrogens (primary N) is 1. The molecule has 0 aliphatic heterocycles. The fraction of sp³-hybridized carbons (Fsp3) is 0.625. The molecule has 1 rings (SSSR count). The maximum atomic E-state index is 6.04. The molecule has 1 aromatic rings. The highest BCUT2D eigenvalue weighted by Gasteiger charge is 2.28. The molecule has 0 bridgehead atoms. The van der Waals surface area contributed by atoms with E-state index in [9.17, 15) is 0 Å². The van der Waals surface area contributed by atoms with Crippen molar-refractivity contribution in [2.45, 2.75) is 45.6 Å². The number of hydrogen-bond donors (Lipinski definition) is 1. The summed E-state index contributed by atoms with van der Waals surface area (Å²) in [7, 11) is 0. The van der Waals surface area contributed by atoms with Gasteiger partial charge in [0, 0.05) is 12.1 Å². The van der Waals surface area contributed by atoms with Crippen molar-refractivity contribution in [1.29, 1.82) is 0 Å². The van der Waals surface area contributed by atoms with Crippen LogP contribution in [0, 0.1) is 0 Å². The second-order valence-corrected chi connectivity index (χ2v) is 5.27. The molecule has 1 unspecified atom stereocenters. The van der Waals surface area contributed by atoms with Crippen molar-refractivity contribution in [3.05, 3.63) is 35.9 Å². The van der Waals surface area contributed by atoms with Gasteiger partial charge in [0.05, 0.1) is 0 Å². The van der Waals surface area contributed by atoms with E-state index in [4.69, 9.17) is 5.73 Å². The summed E-state index contributed by atoms with van der Waals surface area (Å²) in [4.78, 5) is 2.52. The smallest absolute Gasteiger partial charge is 0.0306 e. The van der Waals surface area contributed by atoms with Crippen LogP contribution in [0.3, 0.4) is 0 Å². The van der Waals surface area contributed by atoms with Crippen molar-refractivity contribution < 1.29 is 0 Å². The second-order valence-electron chi connectivity index (χ2n) is 5.27. The van der Waals surface area contributed by atoms with Crippen LogP contribution in [0.15, 0.2) is 30.3 Å². The molecule has 0 aromatic heterocycles. The predicted octanol–water partition coefficient (Wildman–Crippen LogP) is 3.07. The normalized spacial score (nSPS) is 14.7. The quantitative estimate of drug-likeness (QED) is 0.766. The minimum absolute atomic E-state index is 0.126. The molecular weight excluding hydrogens is 220 g/mol. The van der Waals surface area contributed by atoms with E-state index in [2.05, 4.69) is 56.0 Å². The molecular formula is C16H28N2. The van der Waals surface area contributed by atoms with Gasteiger partial charge in [-0.15, -0.1) is 0 Å². The van der Waals surface area contributed by atoms with Gasteiger partial charge in [0.1, 0.15) is 0 Å². The Kier molecular flexibility index (Phi) is 6.37. The molecule has 2 heteroatoms. The second kappa shape index (κ2) is 7.55. The molecule has 1 atom stereocenters. The van der Waals surface area contributed by atoms with Crippen molar-refractivity contribution in [3.63, 3.8) is 0 Å². The number of hydrogen-bond acceptors (Lipinski definition) is 2. The minimum Gasteiger partial charge on any atom is -0.329 e. The summed E-state index contributed by atoms with van der Waals surface area (Å²) in [6.07, 6.45) is 3.42. The molecule has 18 heavy (non-hydrogen) atoms. The summed E-state index contributed by atoms with van der Waals surface area (Å²) in [6, 6.07) is 10.7. The lowest BCUT2D eigenvalue weighted by Crippen LogP contribution is -2.52. The first-order valence-electron chi connectivity index (χ1n) is 7.15. The van der Waals surface area contributed by atoms with Crippen LogP contribution in [0.4, 0.5) is 0 Å². The van der Waals surface area contributed by atoms with Crippen molar-refractivity contribution in [2.24, 2.45) is 5.73 Å². The molecule has 102 valence electrons. The predicted molar refractivity (Wildman–Crippen MR) is 79.8 cm³/mol. The molecule has 0 saturated heterocycles. The Labute approximate surface area is 112 Å². The number of benzene rings is 1. The zero-order valence-electron chi connectivity index (χ0n) is 12.2. The van der Waals surface area contributed by atoms with Gasteiger partial charge in [-0.3, -0.25) is 4.90 Å². The summed E-state index contributed by atoms with van der Waals surface area (Å²) >= 11 is 0. The Bertz CT molecular complexity index is 323. The molecule has 0 aliphatic carbocycles. The fourth-order valence-electron chi connectivity index (χ4n) is 2.53. The summed E-state index contributed by atoms with van der Waals surface area (Å²) in [5.41, 5.74) is 7.57. The minimum atomic E-state index is 0.126. The fourth-order valence-corrected chi connectivity index (χ4v) is 2.53. The molecule has 0 radical (unpaired) electrons. The van der Waals surface area contributed by atoms with Crippen LogP contribution < -0.4 is 5.73 Å². The Morgan fingerprint density at radius 3 is 2.33 bits per heavy atom. The van der Waals surface area contributed by atoms with Gasteiger partial charge >= 0.3 is 0 Å². The van der Waals surface area contributed by atoms with Gasteiger partial charge in [-0.2, -0.15) is 0 Å². The molecule has 0 saturated carbocycles. The maximum absolute atomic E-state index is 6.04. The molecule has 0 fully saturated rings. The Morgan fingerprint density at radius 1 is 1.17 bits per heavy atom. The van der Waals surface area contributed by atoms with Crippen LogP contribution in [-0.4, -0.2) is 30.1 Å². The van der Waals surface area contributed by atoms with E-state index in [-0.39, 0.29) is 5.54 Å². The third-order valence-electron chi connectivity index (χ3n) is 3.87. The third kappa shape index (κ3) is 4.11. The van der Waals surface area contributed by atoms with E-state index in [1.165, 1.54) is 12.0 Å². The lowest BCUT2D eigenvalue weighted by Gasteiger charge is -2.40. The number of likely N-dealkylation sites (N-methyl/N-ethyl adjacent to an activating group) is 1. The van der Waals surface area contributed by atoms with Gasteiger partial charge in [-0.25, -0.2) is 0 Å². The van der Waals surface area contributed by atoms with E-state index in [0.717, 1.165) is 32.5 Å². The molecule has 0 amide bonds. The average molecular weight is 248 g/mol. The lowest BCUT2D eigenvalue weighted by molar-refractivity contribution is 0.108. The third-order valence-corrected chi connectivity index (χ3v) is 3.87. The van der Waals surface area contributed by atoms with Crippen LogP contribution in [0.1, 0.15) is 39.2 Å². The highest BCUT2D eigenvalue weighted by molar-refractivity contribution is 5.15. The van der Waals surface area contributed by atoms with Crippen LogP contribution in [0.25, 0.3) is 0 Å². The monoisotopic (exact) mass is 248 g/mol. The Morgan fingerprint density at radius 2 is 1.83 bits per heavy atom. The summed E-state index contributed by atoms with van der Waals surface area (Å²) in [5, 5.41) is 0. The average Bonchev–Trinajstić information content (AvgIpc) is 2.43. The maximum Gasteiger partial charge on any atom is 0.0306 e. The van der Waals surface area contributed by atoms with Crippen LogP contribution in [0.2, 0.25) is 0 Å². The number of nitrogens with zero attached hydrogens (tertiary/aromatic N) is 1. The summed E-state index contributed by atoms with van der Waals surface area (Å²) in [6.45, 7) is 9.71. The summed E-state index contributed by atoms with van der Waals surface area (Å²) < 4.78 is 0. The topological polar surface area (TPSA) is 29.3 Å². The summed E-state index contributed by atoms with van der Waals surface area (Å²) in [5.74, 6) is 0. The lowest BCUT2D eigenvalue weighted by atomic mass is 9.91. The largest absolute Gasteiger partial charge is 0.329 e. The van der Waals surface area contributed by atoms with E-state index in [1.807, 2.05) is 0 Å². The van der Waals surface area contributed by atoms with E-state index in [0.29, 0.717) is 0 Å². The van der Waals surface area contributed by atoms with Gasteiger partial charge in [-0.05, 0) is 44.8 Å². The van der Waals surface area contributed by atoms with Crippen molar-refractivity contribution in [2.75, 3.05) is 19.6 Å². The molecule has 0 spiro atoms. The molecule has 0 heterocycles. The van der Waals surface area contributed by atoms with Gasteiger partial charge in [0.2, 0.25) is 0 Å². The first kappa shape index (κ1) is 15.2. The zero-order valence-corrected chi connectivity index (χ0v) is 12.2. The van der Waals surface area contributed by atoms with Crippen molar-refractivity contribution >= 4 is 0 Å². The first-order valence-corrected chi connectivity index (χ1v) is 7.15. The van der Waals surface area contributed by atoms with Crippen LogP contribution in [-0.2, 0) is 6.42 Å².